The third-order valence-electron chi connectivity index (χ3n) is 2.99. The molecule has 1 heterocycles. The fourth-order valence-electron chi connectivity index (χ4n) is 2.14. The van der Waals surface area contributed by atoms with Gasteiger partial charge in [0.1, 0.15) is 5.82 Å². The summed E-state index contributed by atoms with van der Waals surface area (Å²) in [6.45, 7) is 0. The highest BCUT2D eigenvalue weighted by Crippen LogP contribution is 2.39. The van der Waals surface area contributed by atoms with Crippen molar-refractivity contribution in [2.45, 2.75) is 0 Å². The Morgan fingerprint density at radius 1 is 0.950 bits per heavy atom. The fourth-order valence-corrected chi connectivity index (χ4v) is 4.00. The van der Waals surface area contributed by atoms with Crippen LogP contribution in [0.1, 0.15) is 0 Å². The average molecular weight is 460 g/mol. The van der Waals surface area contributed by atoms with Crippen molar-refractivity contribution in [3.8, 4) is 11.1 Å². The molecule has 3 rings (SSSR count). The molecule has 0 saturated carbocycles. The molecule has 0 bridgehead atoms. The van der Waals surface area contributed by atoms with E-state index in [1.165, 1.54) is 6.07 Å². The lowest BCUT2D eigenvalue weighted by atomic mass is 10.0. The van der Waals surface area contributed by atoms with Crippen molar-refractivity contribution in [1.82, 2.24) is 4.98 Å². The number of aromatic nitrogens is 1. The Labute approximate surface area is 140 Å². The van der Waals surface area contributed by atoms with E-state index in [-0.39, 0.29) is 5.82 Å². The van der Waals surface area contributed by atoms with Crippen LogP contribution in [0.4, 0.5) is 4.39 Å². The SMILES string of the molecule is Fc1ccccc1-c1c(Br)cnc2c(Br)cc(Br)cc12. The summed E-state index contributed by atoms with van der Waals surface area (Å²) in [6, 6.07) is 10.6. The average Bonchev–Trinajstić information content (AvgIpc) is 2.39. The first-order valence-corrected chi connectivity index (χ1v) is 8.14. The molecule has 0 unspecified atom stereocenters. The Hall–Kier alpha value is -0.780. The van der Waals surface area contributed by atoms with Gasteiger partial charge in [-0.25, -0.2) is 4.39 Å². The second-order valence-electron chi connectivity index (χ2n) is 4.24. The lowest BCUT2D eigenvalue weighted by Crippen LogP contribution is -1.91. The minimum Gasteiger partial charge on any atom is -0.254 e. The monoisotopic (exact) mass is 457 g/mol. The molecule has 3 aromatic rings. The maximum Gasteiger partial charge on any atom is 0.131 e. The van der Waals surface area contributed by atoms with E-state index in [2.05, 4.69) is 52.8 Å². The van der Waals surface area contributed by atoms with E-state index in [9.17, 15) is 4.39 Å². The van der Waals surface area contributed by atoms with Crippen LogP contribution in [-0.2, 0) is 0 Å². The molecule has 5 heteroatoms. The van der Waals surface area contributed by atoms with E-state index in [0.29, 0.717) is 5.56 Å². The number of hydrogen-bond donors (Lipinski definition) is 0. The highest BCUT2D eigenvalue weighted by atomic mass is 79.9. The van der Waals surface area contributed by atoms with Crippen LogP contribution in [0.2, 0.25) is 0 Å². The Morgan fingerprint density at radius 2 is 1.70 bits per heavy atom. The van der Waals surface area contributed by atoms with Gasteiger partial charge in [-0.05, 0) is 50.1 Å². The molecule has 0 saturated heterocycles. The van der Waals surface area contributed by atoms with Gasteiger partial charge in [0.2, 0.25) is 0 Å². The van der Waals surface area contributed by atoms with Gasteiger partial charge in [0.25, 0.3) is 0 Å². The van der Waals surface area contributed by atoms with Gasteiger partial charge in [-0.1, -0.05) is 34.1 Å². The van der Waals surface area contributed by atoms with E-state index in [1.807, 2.05) is 18.2 Å². The largest absolute Gasteiger partial charge is 0.254 e. The van der Waals surface area contributed by atoms with Gasteiger partial charge in [0.05, 0.1) is 5.52 Å². The molecular formula is C15H7Br3FN. The Morgan fingerprint density at radius 3 is 2.45 bits per heavy atom. The van der Waals surface area contributed by atoms with Crippen molar-refractivity contribution >= 4 is 58.7 Å². The predicted octanol–water partition coefficient (Wildman–Crippen LogP) is 6.33. The molecule has 1 aromatic heterocycles. The van der Waals surface area contributed by atoms with Gasteiger partial charge in [0.15, 0.2) is 0 Å². The van der Waals surface area contributed by atoms with Crippen LogP contribution in [0.25, 0.3) is 22.0 Å². The molecule has 0 aliphatic rings. The van der Waals surface area contributed by atoms with Crippen LogP contribution in [-0.4, -0.2) is 4.98 Å². The first-order valence-electron chi connectivity index (χ1n) is 5.76. The number of hydrogen-bond acceptors (Lipinski definition) is 1. The summed E-state index contributed by atoms with van der Waals surface area (Å²) in [5, 5.41) is 0.880. The minimum absolute atomic E-state index is 0.253. The summed E-state index contributed by atoms with van der Waals surface area (Å²) in [7, 11) is 0. The number of pyridine rings is 1. The molecule has 0 radical (unpaired) electrons. The molecule has 0 N–H and O–H groups in total. The Balaban J connectivity index is 2.46. The third-order valence-corrected chi connectivity index (χ3v) is 4.65. The van der Waals surface area contributed by atoms with Crippen LogP contribution >= 0.6 is 47.8 Å². The highest BCUT2D eigenvalue weighted by Gasteiger charge is 2.15. The van der Waals surface area contributed by atoms with Crippen LogP contribution < -0.4 is 0 Å². The van der Waals surface area contributed by atoms with E-state index in [1.54, 1.807) is 18.3 Å². The van der Waals surface area contributed by atoms with Crippen molar-refractivity contribution in [2.24, 2.45) is 0 Å². The van der Waals surface area contributed by atoms with Crippen molar-refractivity contribution in [2.75, 3.05) is 0 Å². The maximum absolute atomic E-state index is 14.1. The Bertz CT molecular complexity index is 818. The summed E-state index contributed by atoms with van der Waals surface area (Å²) in [6.07, 6.45) is 1.70. The molecule has 0 aliphatic heterocycles. The zero-order chi connectivity index (χ0) is 14.3. The summed E-state index contributed by atoms with van der Waals surface area (Å²) in [5.41, 5.74) is 2.15. The third kappa shape index (κ3) is 2.43. The van der Waals surface area contributed by atoms with Crippen LogP contribution in [0.5, 0.6) is 0 Å². The molecule has 20 heavy (non-hydrogen) atoms. The summed E-state index contributed by atoms with van der Waals surface area (Å²) in [5.74, 6) is -0.253. The van der Waals surface area contributed by atoms with Gasteiger partial charge in [-0.3, -0.25) is 4.98 Å². The molecule has 2 aromatic carbocycles. The number of benzene rings is 2. The van der Waals surface area contributed by atoms with Gasteiger partial charge >= 0.3 is 0 Å². The molecule has 0 amide bonds. The molecular weight excluding hydrogens is 453 g/mol. The zero-order valence-corrected chi connectivity index (χ0v) is 14.8. The quantitative estimate of drug-likeness (QED) is 0.414. The van der Waals surface area contributed by atoms with Gasteiger partial charge in [0, 0.05) is 36.1 Å². The van der Waals surface area contributed by atoms with Crippen molar-refractivity contribution in [3.63, 3.8) is 0 Å². The van der Waals surface area contributed by atoms with Crippen LogP contribution in [0.3, 0.4) is 0 Å². The first kappa shape index (κ1) is 14.2. The second-order valence-corrected chi connectivity index (χ2v) is 6.87. The molecule has 0 spiro atoms. The summed E-state index contributed by atoms with van der Waals surface area (Å²) >= 11 is 10.4. The number of fused-ring (bicyclic) bond motifs is 1. The number of nitrogens with zero attached hydrogens (tertiary/aromatic N) is 1. The summed E-state index contributed by atoms with van der Waals surface area (Å²) < 4.78 is 16.7. The molecule has 0 atom stereocenters. The zero-order valence-electron chi connectivity index (χ0n) is 10.0. The van der Waals surface area contributed by atoms with Crippen molar-refractivity contribution in [1.29, 1.82) is 0 Å². The maximum atomic E-state index is 14.1. The second kappa shape index (κ2) is 5.54. The standard InChI is InChI=1S/C15H7Br3FN/c16-8-5-10-14(9-3-1-2-4-13(9)19)12(18)7-20-15(10)11(17)6-8/h1-7H. The van der Waals surface area contributed by atoms with Crippen molar-refractivity contribution in [3.05, 3.63) is 61.8 Å². The topological polar surface area (TPSA) is 12.9 Å². The number of halogens is 4. The normalized spacial score (nSPS) is 11.0. The predicted molar refractivity (Wildman–Crippen MR) is 90.2 cm³/mol. The molecule has 0 fully saturated rings. The van der Waals surface area contributed by atoms with E-state index >= 15 is 0 Å². The van der Waals surface area contributed by atoms with Crippen molar-refractivity contribution < 1.29 is 4.39 Å². The van der Waals surface area contributed by atoms with Crippen LogP contribution in [0, 0.1) is 5.82 Å². The minimum atomic E-state index is -0.253. The molecule has 100 valence electrons. The Kier molecular flexibility index (Phi) is 3.93. The fraction of sp³-hybridized carbons (Fsp3) is 0. The molecule has 1 nitrogen and oxygen atoms in total. The van der Waals surface area contributed by atoms with E-state index in [4.69, 9.17) is 0 Å². The van der Waals surface area contributed by atoms with Gasteiger partial charge < -0.3 is 0 Å². The lowest BCUT2D eigenvalue weighted by Gasteiger charge is -2.11. The van der Waals surface area contributed by atoms with E-state index < -0.39 is 0 Å². The first-order chi connectivity index (χ1) is 9.58. The highest BCUT2D eigenvalue weighted by molar-refractivity contribution is 9.11. The van der Waals surface area contributed by atoms with E-state index in [0.717, 1.165) is 29.9 Å². The van der Waals surface area contributed by atoms with Gasteiger partial charge in [-0.2, -0.15) is 0 Å². The summed E-state index contributed by atoms with van der Waals surface area (Å²) in [4.78, 5) is 4.40. The van der Waals surface area contributed by atoms with Crippen LogP contribution in [0.15, 0.2) is 56.0 Å². The lowest BCUT2D eigenvalue weighted by molar-refractivity contribution is 0.631. The van der Waals surface area contributed by atoms with Gasteiger partial charge in [-0.15, -0.1) is 0 Å². The molecule has 0 aliphatic carbocycles. The number of rotatable bonds is 1. The smallest absolute Gasteiger partial charge is 0.131 e.